The second kappa shape index (κ2) is 8.16. The van der Waals surface area contributed by atoms with Crippen LogP contribution in [0.15, 0.2) is 36.7 Å². The Balaban J connectivity index is 1.73. The number of benzene rings is 1. The molecule has 0 saturated carbocycles. The van der Waals surface area contributed by atoms with E-state index in [1.165, 1.54) is 30.6 Å². The number of nitrogens with zero attached hydrogens (tertiary/aromatic N) is 2. The van der Waals surface area contributed by atoms with Gasteiger partial charge in [-0.25, -0.2) is 9.97 Å². The van der Waals surface area contributed by atoms with E-state index in [-0.39, 0.29) is 37.3 Å². The molecule has 0 radical (unpaired) electrons. The smallest absolute Gasteiger partial charge is 0.378 e. The number of carbonyl (C=O) groups is 2. The van der Waals surface area contributed by atoms with Crippen molar-refractivity contribution in [2.75, 3.05) is 13.2 Å². The van der Waals surface area contributed by atoms with Gasteiger partial charge in [-0.05, 0) is 18.6 Å². The fourth-order valence-electron chi connectivity index (χ4n) is 2.99. The van der Waals surface area contributed by atoms with Crippen LogP contribution in [0.4, 0.5) is 13.2 Å². The number of aromatic nitrogens is 2. The second-order valence-electron chi connectivity index (χ2n) is 6.70. The van der Waals surface area contributed by atoms with Gasteiger partial charge in [0.2, 0.25) is 5.91 Å². The number of amides is 2. The molecule has 2 amide bonds. The van der Waals surface area contributed by atoms with Crippen molar-refractivity contribution in [3.8, 4) is 0 Å². The molecule has 2 heterocycles. The Morgan fingerprint density at radius 2 is 1.90 bits per heavy atom. The maximum atomic E-state index is 13.1. The lowest BCUT2D eigenvalue weighted by Crippen LogP contribution is -2.59. The zero-order chi connectivity index (χ0) is 21.1. The summed E-state index contributed by atoms with van der Waals surface area (Å²) in [7, 11) is 0. The largest absolute Gasteiger partial charge is 0.416 e. The highest BCUT2D eigenvalue weighted by Gasteiger charge is 2.44. The lowest BCUT2D eigenvalue weighted by Gasteiger charge is -2.27. The van der Waals surface area contributed by atoms with Crippen molar-refractivity contribution in [2.24, 2.45) is 0 Å². The first-order chi connectivity index (χ1) is 13.7. The van der Waals surface area contributed by atoms with Crippen LogP contribution in [0.25, 0.3) is 0 Å². The predicted octanol–water partition coefficient (Wildman–Crippen LogP) is 2.01. The molecule has 0 bridgehead atoms. The molecule has 1 aromatic heterocycles. The lowest BCUT2D eigenvalue weighted by atomic mass is 9.96. The third-order valence-corrected chi connectivity index (χ3v) is 4.61. The Morgan fingerprint density at radius 3 is 2.52 bits per heavy atom. The van der Waals surface area contributed by atoms with E-state index in [0.29, 0.717) is 5.82 Å². The summed E-state index contributed by atoms with van der Waals surface area (Å²) in [5, 5.41) is 5.13. The molecule has 3 rings (SSSR count). The van der Waals surface area contributed by atoms with Gasteiger partial charge in [-0.3, -0.25) is 9.59 Å². The van der Waals surface area contributed by atoms with Gasteiger partial charge < -0.3 is 15.4 Å². The number of aryl methyl sites for hydroxylation is 1. The molecule has 154 valence electrons. The third kappa shape index (κ3) is 4.70. The van der Waals surface area contributed by atoms with E-state index < -0.39 is 29.1 Å². The van der Waals surface area contributed by atoms with Crippen molar-refractivity contribution >= 4 is 11.8 Å². The molecule has 0 aliphatic carbocycles. The highest BCUT2D eigenvalue weighted by molar-refractivity contribution is 5.99. The van der Waals surface area contributed by atoms with Crippen LogP contribution in [0.2, 0.25) is 0 Å². The first-order valence-electron chi connectivity index (χ1n) is 8.84. The number of halogens is 3. The number of ether oxygens (including phenoxy) is 1. The quantitative estimate of drug-likeness (QED) is 0.790. The number of hydrogen-bond donors (Lipinski definition) is 2. The van der Waals surface area contributed by atoms with E-state index in [9.17, 15) is 22.8 Å². The van der Waals surface area contributed by atoms with Gasteiger partial charge in [0.15, 0.2) is 0 Å². The fourth-order valence-corrected chi connectivity index (χ4v) is 2.99. The molecular formula is C19H19F3N4O3. The summed E-state index contributed by atoms with van der Waals surface area (Å²) in [6.07, 6.45) is -1.68. The van der Waals surface area contributed by atoms with Crippen LogP contribution in [-0.4, -0.2) is 40.5 Å². The maximum Gasteiger partial charge on any atom is 0.416 e. The van der Waals surface area contributed by atoms with Crippen molar-refractivity contribution in [2.45, 2.75) is 31.6 Å². The van der Waals surface area contributed by atoms with Crippen LogP contribution < -0.4 is 10.6 Å². The van der Waals surface area contributed by atoms with Gasteiger partial charge in [0, 0.05) is 32.0 Å². The average Bonchev–Trinajstić information content (AvgIpc) is 3.15. The summed E-state index contributed by atoms with van der Waals surface area (Å²) < 4.78 is 44.7. The van der Waals surface area contributed by atoms with Gasteiger partial charge in [0.05, 0.1) is 17.7 Å². The van der Waals surface area contributed by atoms with Crippen LogP contribution in [-0.2, 0) is 22.3 Å². The molecule has 1 fully saturated rings. The molecule has 2 N–H and O–H groups in total. The molecule has 1 aliphatic rings. The van der Waals surface area contributed by atoms with Crippen LogP contribution >= 0.6 is 0 Å². The van der Waals surface area contributed by atoms with E-state index in [1.54, 1.807) is 6.92 Å². The van der Waals surface area contributed by atoms with E-state index in [1.807, 2.05) is 0 Å². The Hall–Kier alpha value is -3.01. The van der Waals surface area contributed by atoms with Gasteiger partial charge >= 0.3 is 6.18 Å². The monoisotopic (exact) mass is 408 g/mol. The number of carbonyl (C=O) groups excluding carboxylic acids is 2. The van der Waals surface area contributed by atoms with Crippen molar-refractivity contribution in [3.05, 3.63) is 59.2 Å². The molecule has 1 aliphatic heterocycles. The fraction of sp³-hybridized carbons (Fsp3) is 0.368. The molecule has 1 aromatic carbocycles. The number of alkyl halides is 3. The topological polar surface area (TPSA) is 93.2 Å². The number of rotatable bonds is 5. The minimum absolute atomic E-state index is 0.0688. The summed E-state index contributed by atoms with van der Waals surface area (Å²) in [5.74, 6) is -0.698. The molecule has 1 atom stereocenters. The van der Waals surface area contributed by atoms with Gasteiger partial charge in [-0.1, -0.05) is 18.2 Å². The zero-order valence-electron chi connectivity index (χ0n) is 15.5. The van der Waals surface area contributed by atoms with Crippen molar-refractivity contribution in [1.82, 2.24) is 20.6 Å². The Kier molecular flexibility index (Phi) is 5.83. The number of nitrogens with one attached hydrogen (secondary N) is 2. The van der Waals surface area contributed by atoms with Crippen LogP contribution in [0, 0.1) is 6.92 Å². The minimum Gasteiger partial charge on any atom is -0.378 e. The molecule has 7 nitrogen and oxygen atoms in total. The van der Waals surface area contributed by atoms with Crippen molar-refractivity contribution in [3.63, 3.8) is 0 Å². The van der Waals surface area contributed by atoms with Gasteiger partial charge in [0.25, 0.3) is 5.91 Å². The highest BCUT2D eigenvalue weighted by atomic mass is 19.4. The molecular weight excluding hydrogens is 389 g/mol. The molecule has 1 saturated heterocycles. The predicted molar refractivity (Wildman–Crippen MR) is 95.7 cm³/mol. The minimum atomic E-state index is -4.53. The SMILES string of the molecule is Cc1ncc(C(=O)N[C@@]2(C(=O)NCc3ccccc3C(F)(F)F)CCOC2)cn1. The Morgan fingerprint density at radius 1 is 1.21 bits per heavy atom. The van der Waals surface area contributed by atoms with Crippen LogP contribution in [0.1, 0.15) is 33.7 Å². The van der Waals surface area contributed by atoms with Gasteiger partial charge in [-0.2, -0.15) is 13.2 Å². The standard InChI is InChI=1S/C19H19F3N4O3/c1-12-23-9-14(10-24-12)16(27)26-18(6-7-29-11-18)17(28)25-8-13-4-2-3-5-15(13)19(20,21)22/h2-5,9-10H,6-8,11H2,1H3,(H,25,28)(H,26,27)/t18-/m0/s1. The summed E-state index contributed by atoms with van der Waals surface area (Å²) in [4.78, 5) is 33.2. The Bertz CT molecular complexity index is 894. The van der Waals surface area contributed by atoms with Gasteiger partial charge in [0.1, 0.15) is 11.4 Å². The second-order valence-corrected chi connectivity index (χ2v) is 6.70. The van der Waals surface area contributed by atoms with Crippen molar-refractivity contribution < 1.29 is 27.5 Å². The lowest BCUT2D eigenvalue weighted by molar-refractivity contribution is -0.138. The summed E-state index contributed by atoms with van der Waals surface area (Å²) in [6.45, 7) is 1.48. The highest BCUT2D eigenvalue weighted by Crippen LogP contribution is 2.32. The Labute approximate surface area is 164 Å². The summed E-state index contributed by atoms with van der Waals surface area (Å²) >= 11 is 0. The zero-order valence-corrected chi connectivity index (χ0v) is 15.5. The van der Waals surface area contributed by atoms with E-state index in [2.05, 4.69) is 20.6 Å². The first-order valence-corrected chi connectivity index (χ1v) is 8.84. The molecule has 0 unspecified atom stereocenters. The molecule has 0 spiro atoms. The molecule has 10 heteroatoms. The van der Waals surface area contributed by atoms with Crippen LogP contribution in [0.5, 0.6) is 0 Å². The molecule has 29 heavy (non-hydrogen) atoms. The normalized spacial score (nSPS) is 19.0. The van der Waals surface area contributed by atoms with Crippen LogP contribution in [0.3, 0.4) is 0 Å². The average molecular weight is 408 g/mol. The van der Waals surface area contributed by atoms with Crippen molar-refractivity contribution in [1.29, 1.82) is 0 Å². The third-order valence-electron chi connectivity index (χ3n) is 4.61. The maximum absolute atomic E-state index is 13.1. The van der Waals surface area contributed by atoms with E-state index in [0.717, 1.165) is 6.07 Å². The summed E-state index contributed by atoms with van der Waals surface area (Å²) in [6, 6.07) is 4.99. The summed E-state index contributed by atoms with van der Waals surface area (Å²) in [5.41, 5.74) is -2.11. The van der Waals surface area contributed by atoms with E-state index >= 15 is 0 Å². The number of hydrogen-bond acceptors (Lipinski definition) is 5. The van der Waals surface area contributed by atoms with Gasteiger partial charge in [-0.15, -0.1) is 0 Å². The molecule has 2 aromatic rings. The first kappa shape index (κ1) is 20.7. The van der Waals surface area contributed by atoms with E-state index in [4.69, 9.17) is 4.74 Å².